The van der Waals surface area contributed by atoms with Gasteiger partial charge in [-0.05, 0) is 24.7 Å². The molecule has 1 aliphatic rings. The Morgan fingerprint density at radius 3 is 2.62 bits per heavy atom. The van der Waals surface area contributed by atoms with Crippen molar-refractivity contribution in [3.63, 3.8) is 0 Å². The lowest BCUT2D eigenvalue weighted by Crippen LogP contribution is -2.48. The zero-order chi connectivity index (χ0) is 15.8. The van der Waals surface area contributed by atoms with Gasteiger partial charge in [0.1, 0.15) is 0 Å². The fraction of sp³-hybridized carbons (Fsp3) is 0.938. The quantitative estimate of drug-likeness (QED) is 0.601. The van der Waals surface area contributed by atoms with E-state index < -0.39 is 12.1 Å². The van der Waals surface area contributed by atoms with Gasteiger partial charge < -0.3 is 20.9 Å². The summed E-state index contributed by atoms with van der Waals surface area (Å²) in [7, 11) is 0. The molecule has 1 amide bonds. The average Bonchev–Trinajstić information content (AvgIpc) is 2.44. The van der Waals surface area contributed by atoms with E-state index in [0.717, 1.165) is 12.8 Å². The second-order valence-electron chi connectivity index (χ2n) is 6.51. The summed E-state index contributed by atoms with van der Waals surface area (Å²) < 4.78 is 5.90. The van der Waals surface area contributed by atoms with Crippen LogP contribution in [0.3, 0.4) is 0 Å². The predicted molar refractivity (Wildman–Crippen MR) is 83.8 cm³/mol. The highest BCUT2D eigenvalue weighted by molar-refractivity contribution is 5.80. The van der Waals surface area contributed by atoms with Gasteiger partial charge in [0, 0.05) is 6.54 Å². The third-order valence-electron chi connectivity index (χ3n) is 4.41. The summed E-state index contributed by atoms with van der Waals surface area (Å²) in [4.78, 5) is 11.3. The number of nitrogens with two attached hydrogens (primary N) is 1. The number of ether oxygens (including phenoxy) is 1. The molecule has 5 nitrogen and oxygen atoms in total. The molecule has 0 aromatic carbocycles. The Labute approximate surface area is 128 Å². The normalized spacial score (nSPS) is 25.8. The van der Waals surface area contributed by atoms with Gasteiger partial charge in [0.25, 0.3) is 0 Å². The topological polar surface area (TPSA) is 84.6 Å². The van der Waals surface area contributed by atoms with Crippen molar-refractivity contribution in [2.75, 3.05) is 13.2 Å². The number of aliphatic hydroxyl groups excluding tert-OH is 1. The lowest BCUT2D eigenvalue weighted by Gasteiger charge is -2.31. The van der Waals surface area contributed by atoms with Gasteiger partial charge in [-0.15, -0.1) is 0 Å². The van der Waals surface area contributed by atoms with Crippen LogP contribution in [-0.2, 0) is 9.53 Å². The second-order valence-corrected chi connectivity index (χ2v) is 6.51. The highest BCUT2D eigenvalue weighted by atomic mass is 16.5. The summed E-state index contributed by atoms with van der Waals surface area (Å²) in [6.45, 7) is 6.70. The van der Waals surface area contributed by atoms with Crippen LogP contribution < -0.4 is 11.1 Å². The first-order valence-electron chi connectivity index (χ1n) is 8.28. The van der Waals surface area contributed by atoms with Crippen molar-refractivity contribution in [3.05, 3.63) is 0 Å². The molecule has 0 heterocycles. The third kappa shape index (κ3) is 6.32. The van der Waals surface area contributed by atoms with Crippen LogP contribution in [0.1, 0.15) is 52.9 Å². The molecule has 1 fully saturated rings. The SMILES string of the molecule is CCC1CCCCC1OCC(O)CNC(C(N)=O)C(C)C. The first-order valence-corrected chi connectivity index (χ1v) is 8.28. The highest BCUT2D eigenvalue weighted by Gasteiger charge is 2.25. The van der Waals surface area contributed by atoms with Crippen molar-refractivity contribution >= 4 is 5.91 Å². The average molecular weight is 300 g/mol. The van der Waals surface area contributed by atoms with Gasteiger partial charge in [-0.25, -0.2) is 0 Å². The fourth-order valence-electron chi connectivity index (χ4n) is 3.08. The van der Waals surface area contributed by atoms with Crippen LogP contribution >= 0.6 is 0 Å². The van der Waals surface area contributed by atoms with Crippen LogP contribution in [0.25, 0.3) is 0 Å². The van der Waals surface area contributed by atoms with E-state index >= 15 is 0 Å². The van der Waals surface area contributed by atoms with Gasteiger partial charge in [0.15, 0.2) is 0 Å². The van der Waals surface area contributed by atoms with Crippen LogP contribution in [0.5, 0.6) is 0 Å². The van der Waals surface area contributed by atoms with E-state index in [4.69, 9.17) is 10.5 Å². The number of nitrogens with one attached hydrogen (secondary N) is 1. The smallest absolute Gasteiger partial charge is 0.234 e. The maximum atomic E-state index is 11.3. The summed E-state index contributed by atoms with van der Waals surface area (Å²) in [6.07, 6.45) is 5.63. The van der Waals surface area contributed by atoms with Crippen LogP contribution in [0, 0.1) is 11.8 Å². The van der Waals surface area contributed by atoms with E-state index in [1.807, 2.05) is 13.8 Å². The number of aliphatic hydroxyl groups is 1. The van der Waals surface area contributed by atoms with Gasteiger partial charge in [-0.3, -0.25) is 4.79 Å². The van der Waals surface area contributed by atoms with Gasteiger partial charge in [-0.2, -0.15) is 0 Å². The summed E-state index contributed by atoms with van der Waals surface area (Å²) in [6, 6.07) is -0.405. The first kappa shape index (κ1) is 18.4. The van der Waals surface area contributed by atoms with Gasteiger partial charge in [0.05, 0.1) is 24.9 Å². The van der Waals surface area contributed by atoms with E-state index in [1.54, 1.807) is 0 Å². The van der Waals surface area contributed by atoms with Crippen molar-refractivity contribution < 1.29 is 14.6 Å². The number of hydrogen-bond acceptors (Lipinski definition) is 4. The summed E-state index contributed by atoms with van der Waals surface area (Å²) in [5.74, 6) is 0.350. The van der Waals surface area contributed by atoms with E-state index in [1.165, 1.54) is 19.3 Å². The molecule has 0 aromatic heterocycles. The maximum Gasteiger partial charge on any atom is 0.234 e. The molecule has 4 atom stereocenters. The molecule has 21 heavy (non-hydrogen) atoms. The molecular formula is C16H32N2O3. The monoisotopic (exact) mass is 300 g/mol. The summed E-state index contributed by atoms with van der Waals surface area (Å²) >= 11 is 0. The number of hydrogen-bond donors (Lipinski definition) is 3. The van der Waals surface area contributed by atoms with Crippen molar-refractivity contribution in [2.45, 2.75) is 71.1 Å². The lowest BCUT2D eigenvalue weighted by molar-refractivity contribution is -0.121. The minimum atomic E-state index is -0.606. The Kier molecular flexibility index (Phi) is 8.22. The fourth-order valence-corrected chi connectivity index (χ4v) is 3.08. The summed E-state index contributed by atoms with van der Waals surface area (Å²) in [5, 5.41) is 13.0. The zero-order valence-electron chi connectivity index (χ0n) is 13.7. The van der Waals surface area contributed by atoms with E-state index in [0.29, 0.717) is 19.1 Å². The Balaban J connectivity index is 2.29. The minimum Gasteiger partial charge on any atom is -0.389 e. The molecule has 1 saturated carbocycles. The molecule has 0 spiro atoms. The summed E-state index contributed by atoms with van der Waals surface area (Å²) in [5.41, 5.74) is 5.34. The van der Waals surface area contributed by atoms with Gasteiger partial charge >= 0.3 is 0 Å². The van der Waals surface area contributed by atoms with Gasteiger partial charge in [0.2, 0.25) is 5.91 Å². The van der Waals surface area contributed by atoms with Crippen LogP contribution in [0.2, 0.25) is 0 Å². The van der Waals surface area contributed by atoms with E-state index in [2.05, 4.69) is 12.2 Å². The molecule has 5 heteroatoms. The molecular weight excluding hydrogens is 268 g/mol. The second kappa shape index (κ2) is 9.38. The molecule has 0 radical (unpaired) electrons. The molecule has 0 aliphatic heterocycles. The largest absolute Gasteiger partial charge is 0.389 e. The Morgan fingerprint density at radius 2 is 2.05 bits per heavy atom. The van der Waals surface area contributed by atoms with Crippen molar-refractivity contribution in [1.82, 2.24) is 5.32 Å². The highest BCUT2D eigenvalue weighted by Crippen LogP contribution is 2.29. The molecule has 0 saturated heterocycles. The zero-order valence-corrected chi connectivity index (χ0v) is 13.7. The number of carbonyl (C=O) groups excluding carboxylic acids is 1. The molecule has 1 aliphatic carbocycles. The molecule has 1 rings (SSSR count). The standard InChI is InChI=1S/C16H32N2O3/c1-4-12-7-5-6-8-14(12)21-10-13(19)9-18-15(11(2)3)16(17)20/h11-15,18-19H,4-10H2,1-3H3,(H2,17,20). The Hall–Kier alpha value is -0.650. The van der Waals surface area contributed by atoms with Crippen molar-refractivity contribution in [3.8, 4) is 0 Å². The third-order valence-corrected chi connectivity index (χ3v) is 4.41. The number of rotatable bonds is 9. The number of amides is 1. The van der Waals surface area contributed by atoms with Gasteiger partial charge in [-0.1, -0.05) is 40.0 Å². The molecule has 4 N–H and O–H groups in total. The van der Waals surface area contributed by atoms with Crippen LogP contribution in [0.4, 0.5) is 0 Å². The maximum absolute atomic E-state index is 11.3. The van der Waals surface area contributed by atoms with Crippen molar-refractivity contribution in [1.29, 1.82) is 0 Å². The number of primary amides is 1. The molecule has 0 aromatic rings. The van der Waals surface area contributed by atoms with E-state index in [-0.39, 0.29) is 17.9 Å². The van der Waals surface area contributed by atoms with Crippen LogP contribution in [0.15, 0.2) is 0 Å². The minimum absolute atomic E-state index is 0.110. The molecule has 0 bridgehead atoms. The number of carbonyl (C=O) groups is 1. The molecule has 4 unspecified atom stereocenters. The lowest BCUT2D eigenvalue weighted by atomic mass is 9.85. The predicted octanol–water partition coefficient (Wildman–Crippen LogP) is 1.43. The first-order chi connectivity index (χ1) is 9.95. The van der Waals surface area contributed by atoms with Crippen molar-refractivity contribution in [2.24, 2.45) is 17.6 Å². The van der Waals surface area contributed by atoms with E-state index in [9.17, 15) is 9.90 Å². The molecule has 124 valence electrons. The Bertz CT molecular complexity index is 310. The Morgan fingerprint density at radius 1 is 1.38 bits per heavy atom. The van der Waals surface area contributed by atoms with Crippen LogP contribution in [-0.4, -0.2) is 42.4 Å².